The average molecular weight is 346 g/mol. The fourth-order valence-corrected chi connectivity index (χ4v) is 5.77. The maximum Gasteiger partial charge on any atom is 0.276 e. The van der Waals surface area contributed by atoms with Gasteiger partial charge in [-0.3, -0.25) is 4.79 Å². The SMILES string of the molecule is Cc1ccc(-c2ocnc2C(=O)N2C[C@@H]3CCS(=O)(=O)[C@@H]3C2)cc1. The van der Waals surface area contributed by atoms with Gasteiger partial charge in [0.05, 0.1) is 11.0 Å². The molecule has 6 nitrogen and oxygen atoms in total. The lowest BCUT2D eigenvalue weighted by Crippen LogP contribution is -2.32. The number of nitrogens with zero attached hydrogens (tertiary/aromatic N) is 2. The summed E-state index contributed by atoms with van der Waals surface area (Å²) in [5.74, 6) is 0.459. The molecule has 0 aliphatic carbocycles. The van der Waals surface area contributed by atoms with Crippen LogP contribution in [0, 0.1) is 12.8 Å². The third-order valence-corrected chi connectivity index (χ3v) is 7.25. The highest BCUT2D eigenvalue weighted by Crippen LogP contribution is 2.35. The molecule has 2 atom stereocenters. The standard InChI is InChI=1S/C17H18N2O4S/c1-11-2-4-12(5-3-11)16-15(18-10-23-16)17(20)19-8-13-6-7-24(21,22)14(13)9-19/h2-5,10,13-14H,6-9H2,1H3/t13-,14+/m0/s1. The number of rotatable bonds is 2. The van der Waals surface area contributed by atoms with Gasteiger partial charge in [0, 0.05) is 18.7 Å². The van der Waals surface area contributed by atoms with Crippen LogP contribution in [0.1, 0.15) is 22.5 Å². The number of amides is 1. The first kappa shape index (κ1) is 15.4. The van der Waals surface area contributed by atoms with Crippen LogP contribution in [0.2, 0.25) is 0 Å². The molecule has 0 radical (unpaired) electrons. The average Bonchev–Trinajstić information content (AvgIpc) is 3.25. The minimum absolute atomic E-state index is 0.0497. The Balaban J connectivity index is 1.61. The van der Waals surface area contributed by atoms with Gasteiger partial charge in [0.25, 0.3) is 5.91 Å². The monoisotopic (exact) mass is 346 g/mol. The van der Waals surface area contributed by atoms with Crippen LogP contribution in [-0.2, 0) is 9.84 Å². The summed E-state index contributed by atoms with van der Waals surface area (Å²) >= 11 is 0. The van der Waals surface area contributed by atoms with Crippen molar-refractivity contribution in [2.75, 3.05) is 18.8 Å². The van der Waals surface area contributed by atoms with Crippen molar-refractivity contribution in [2.24, 2.45) is 5.92 Å². The third-order valence-electron chi connectivity index (χ3n) is 4.99. The van der Waals surface area contributed by atoms with Crippen molar-refractivity contribution >= 4 is 15.7 Å². The van der Waals surface area contributed by atoms with Crippen LogP contribution in [0.5, 0.6) is 0 Å². The number of benzene rings is 1. The lowest BCUT2D eigenvalue weighted by atomic mass is 10.1. The van der Waals surface area contributed by atoms with Gasteiger partial charge in [-0.2, -0.15) is 0 Å². The van der Waals surface area contributed by atoms with E-state index in [1.807, 2.05) is 31.2 Å². The van der Waals surface area contributed by atoms with Gasteiger partial charge in [-0.25, -0.2) is 13.4 Å². The second kappa shape index (κ2) is 5.44. The Morgan fingerprint density at radius 3 is 2.71 bits per heavy atom. The summed E-state index contributed by atoms with van der Waals surface area (Å²) in [7, 11) is -3.06. The third kappa shape index (κ3) is 2.43. The first-order valence-corrected chi connectivity index (χ1v) is 9.68. The maximum atomic E-state index is 12.8. The first-order chi connectivity index (χ1) is 11.5. The van der Waals surface area contributed by atoms with Gasteiger partial charge in [-0.15, -0.1) is 0 Å². The molecule has 0 spiro atoms. The van der Waals surface area contributed by atoms with Gasteiger partial charge in [0.1, 0.15) is 0 Å². The molecular formula is C17H18N2O4S. The van der Waals surface area contributed by atoms with Crippen molar-refractivity contribution in [2.45, 2.75) is 18.6 Å². The highest BCUT2D eigenvalue weighted by molar-refractivity contribution is 7.92. The van der Waals surface area contributed by atoms with Crippen LogP contribution >= 0.6 is 0 Å². The van der Waals surface area contributed by atoms with Crippen molar-refractivity contribution in [3.8, 4) is 11.3 Å². The van der Waals surface area contributed by atoms with Gasteiger partial charge in [-0.1, -0.05) is 29.8 Å². The number of oxazole rings is 1. The van der Waals surface area contributed by atoms with Gasteiger partial charge in [0.2, 0.25) is 0 Å². The summed E-state index contributed by atoms with van der Waals surface area (Å²) < 4.78 is 29.5. The molecule has 0 N–H and O–H groups in total. The molecule has 4 rings (SSSR count). The molecule has 126 valence electrons. The van der Waals surface area contributed by atoms with Crippen molar-refractivity contribution in [3.63, 3.8) is 0 Å². The molecule has 2 aromatic rings. The number of hydrogen-bond donors (Lipinski definition) is 0. The van der Waals surface area contributed by atoms with E-state index in [1.165, 1.54) is 6.39 Å². The minimum atomic E-state index is -3.06. The Bertz CT molecular complexity index is 886. The summed E-state index contributed by atoms with van der Waals surface area (Å²) in [5, 5.41) is -0.420. The van der Waals surface area contributed by atoms with Crippen molar-refractivity contribution in [3.05, 3.63) is 41.9 Å². The van der Waals surface area contributed by atoms with E-state index >= 15 is 0 Å². The molecule has 2 fully saturated rings. The van der Waals surface area contributed by atoms with Crippen LogP contribution in [0.4, 0.5) is 0 Å². The zero-order valence-corrected chi connectivity index (χ0v) is 14.1. The second-order valence-electron chi connectivity index (χ2n) is 6.56. The lowest BCUT2D eigenvalue weighted by Gasteiger charge is -2.16. The Morgan fingerprint density at radius 1 is 1.25 bits per heavy atom. The normalized spacial score (nSPS) is 25.0. The van der Waals surface area contributed by atoms with E-state index in [0.29, 0.717) is 18.7 Å². The number of carbonyl (C=O) groups excluding carboxylic acids is 1. The van der Waals surface area contributed by atoms with E-state index in [2.05, 4.69) is 4.98 Å². The molecule has 0 unspecified atom stereocenters. The molecule has 1 amide bonds. The second-order valence-corrected chi connectivity index (χ2v) is 8.90. The summed E-state index contributed by atoms with van der Waals surface area (Å²) in [4.78, 5) is 18.5. The summed E-state index contributed by atoms with van der Waals surface area (Å²) in [6.07, 6.45) is 1.90. The Morgan fingerprint density at radius 2 is 2.00 bits per heavy atom. The largest absolute Gasteiger partial charge is 0.443 e. The maximum absolute atomic E-state index is 12.8. The zero-order valence-electron chi connectivity index (χ0n) is 13.3. The molecule has 2 aliphatic rings. The fourth-order valence-electron chi connectivity index (χ4n) is 3.62. The Kier molecular flexibility index (Phi) is 3.49. The van der Waals surface area contributed by atoms with E-state index < -0.39 is 15.1 Å². The van der Waals surface area contributed by atoms with E-state index in [-0.39, 0.29) is 29.8 Å². The van der Waals surface area contributed by atoms with Crippen molar-refractivity contribution in [1.82, 2.24) is 9.88 Å². The molecule has 1 aromatic carbocycles. The van der Waals surface area contributed by atoms with E-state index in [4.69, 9.17) is 4.42 Å². The molecule has 0 saturated carbocycles. The molecule has 2 saturated heterocycles. The quantitative estimate of drug-likeness (QED) is 0.830. The number of fused-ring (bicyclic) bond motifs is 1. The summed E-state index contributed by atoms with van der Waals surface area (Å²) in [5.41, 5.74) is 2.15. The topological polar surface area (TPSA) is 80.5 Å². The molecular weight excluding hydrogens is 328 g/mol. The van der Waals surface area contributed by atoms with Crippen LogP contribution in [-0.4, -0.2) is 48.3 Å². The van der Waals surface area contributed by atoms with E-state index in [9.17, 15) is 13.2 Å². The Labute approximate surface area is 140 Å². The molecule has 0 bridgehead atoms. The van der Waals surface area contributed by atoms with Crippen LogP contribution in [0.15, 0.2) is 35.1 Å². The summed E-state index contributed by atoms with van der Waals surface area (Å²) in [6.45, 7) is 2.72. The zero-order chi connectivity index (χ0) is 16.9. The predicted molar refractivity (Wildman–Crippen MR) is 88.3 cm³/mol. The fraction of sp³-hybridized carbons (Fsp3) is 0.412. The highest BCUT2D eigenvalue weighted by atomic mass is 32.2. The number of hydrogen-bond acceptors (Lipinski definition) is 5. The molecule has 2 aliphatic heterocycles. The molecule has 1 aromatic heterocycles. The van der Waals surface area contributed by atoms with Crippen LogP contribution < -0.4 is 0 Å². The Hall–Kier alpha value is -2.15. The number of carbonyl (C=O) groups is 1. The molecule has 3 heterocycles. The summed E-state index contributed by atoms with van der Waals surface area (Å²) in [6, 6.07) is 7.66. The van der Waals surface area contributed by atoms with Gasteiger partial charge in [-0.05, 0) is 19.3 Å². The van der Waals surface area contributed by atoms with Crippen molar-refractivity contribution in [1.29, 1.82) is 0 Å². The number of sulfone groups is 1. The molecule has 7 heteroatoms. The van der Waals surface area contributed by atoms with Crippen LogP contribution in [0.25, 0.3) is 11.3 Å². The number of aryl methyl sites for hydroxylation is 1. The molecule has 24 heavy (non-hydrogen) atoms. The minimum Gasteiger partial charge on any atom is -0.443 e. The van der Waals surface area contributed by atoms with E-state index in [1.54, 1.807) is 4.90 Å². The predicted octanol–water partition coefficient (Wildman–Crippen LogP) is 1.91. The highest BCUT2D eigenvalue weighted by Gasteiger charge is 2.48. The number of aromatic nitrogens is 1. The van der Waals surface area contributed by atoms with Gasteiger partial charge < -0.3 is 9.32 Å². The van der Waals surface area contributed by atoms with Gasteiger partial charge >= 0.3 is 0 Å². The van der Waals surface area contributed by atoms with Gasteiger partial charge in [0.15, 0.2) is 27.7 Å². The smallest absolute Gasteiger partial charge is 0.276 e. The lowest BCUT2D eigenvalue weighted by molar-refractivity contribution is 0.0782. The first-order valence-electron chi connectivity index (χ1n) is 7.97. The number of likely N-dealkylation sites (tertiary alicyclic amines) is 1. The van der Waals surface area contributed by atoms with Crippen LogP contribution in [0.3, 0.4) is 0 Å². The van der Waals surface area contributed by atoms with E-state index in [0.717, 1.165) is 11.1 Å². The van der Waals surface area contributed by atoms with Crippen molar-refractivity contribution < 1.29 is 17.6 Å².